The number of ketones is 1. The first-order chi connectivity index (χ1) is 15.0. The number of unbranched alkanes of at least 4 members (excludes halogenated alkanes) is 2. The summed E-state index contributed by atoms with van der Waals surface area (Å²) in [6, 6.07) is 0. The molecule has 1 aliphatic carbocycles. The second-order valence-corrected chi connectivity index (χ2v) is 8.72. The van der Waals surface area contributed by atoms with E-state index in [0.29, 0.717) is 44.0 Å². The van der Waals surface area contributed by atoms with Gasteiger partial charge in [-0.15, -0.1) is 11.8 Å². The van der Waals surface area contributed by atoms with E-state index in [1.807, 2.05) is 19.1 Å². The van der Waals surface area contributed by atoms with E-state index in [0.717, 1.165) is 44.9 Å². The van der Waals surface area contributed by atoms with E-state index in [-0.39, 0.29) is 5.92 Å². The lowest BCUT2D eigenvalue weighted by atomic mass is 9.91. The fourth-order valence-corrected chi connectivity index (χ4v) is 4.21. The Bertz CT molecular complexity index is 692. The minimum Gasteiger partial charge on any atom is -0.479 e. The average molecular weight is 431 g/mol. The van der Waals surface area contributed by atoms with Crippen molar-refractivity contribution in [2.24, 2.45) is 11.8 Å². The van der Waals surface area contributed by atoms with Crippen molar-refractivity contribution in [1.29, 1.82) is 0 Å². The minimum absolute atomic E-state index is 0.0423. The lowest BCUT2D eigenvalue weighted by Crippen LogP contribution is -2.43. The second-order valence-electron chi connectivity index (χ2n) is 8.72. The van der Waals surface area contributed by atoms with Crippen LogP contribution in [0.1, 0.15) is 84.5 Å². The van der Waals surface area contributed by atoms with Gasteiger partial charge in [0, 0.05) is 25.4 Å². The lowest BCUT2D eigenvalue weighted by Gasteiger charge is -2.32. The highest BCUT2D eigenvalue weighted by molar-refractivity contribution is 5.83. The standard InChI is InChI=1S/C26H38O5/c1-3-4-5-6-7-9-14-21-17-18-23(27)22(21)15-10-8-12-19-26(2,25(28)29)31-24-16-11-13-20-30-24/h8-10,14,21-22,24H,5-7,11-13,15-20H2,1-2H3,(H,28,29)/t21-,22+,24?,26?/m0/s1. The fourth-order valence-electron chi connectivity index (χ4n) is 4.21. The predicted molar refractivity (Wildman–Crippen MR) is 121 cm³/mol. The van der Waals surface area contributed by atoms with E-state index in [1.54, 1.807) is 6.92 Å². The number of carbonyl (C=O) groups excluding carboxylic acids is 1. The molecule has 0 amide bonds. The second kappa shape index (κ2) is 13.5. The Morgan fingerprint density at radius 1 is 1.26 bits per heavy atom. The number of carboxylic acid groups (broad SMARTS) is 1. The summed E-state index contributed by atoms with van der Waals surface area (Å²) in [5, 5.41) is 9.65. The van der Waals surface area contributed by atoms with E-state index >= 15 is 0 Å². The Labute approximate surface area is 187 Å². The van der Waals surface area contributed by atoms with Crippen LogP contribution < -0.4 is 0 Å². The van der Waals surface area contributed by atoms with Crippen molar-refractivity contribution in [1.82, 2.24) is 0 Å². The first-order valence-electron chi connectivity index (χ1n) is 11.7. The topological polar surface area (TPSA) is 72.8 Å². The maximum Gasteiger partial charge on any atom is 0.335 e. The van der Waals surface area contributed by atoms with Crippen LogP contribution >= 0.6 is 0 Å². The molecule has 0 aromatic carbocycles. The third-order valence-electron chi connectivity index (χ3n) is 6.21. The smallest absolute Gasteiger partial charge is 0.335 e. The molecule has 0 bridgehead atoms. The SMILES string of the molecule is CC#CCCCC=C[C@H]1CCC(=O)[C@@H]1CC=CCCC(C)(OC1CCCCO1)C(=O)O. The van der Waals surface area contributed by atoms with Crippen molar-refractivity contribution in [3.05, 3.63) is 24.3 Å². The summed E-state index contributed by atoms with van der Waals surface area (Å²) < 4.78 is 11.4. The molecule has 2 aliphatic rings. The monoisotopic (exact) mass is 430 g/mol. The van der Waals surface area contributed by atoms with Gasteiger partial charge in [0.2, 0.25) is 0 Å². The Hall–Kier alpha value is -1.90. The van der Waals surface area contributed by atoms with E-state index in [9.17, 15) is 14.7 Å². The molecule has 1 saturated heterocycles. The van der Waals surface area contributed by atoms with Gasteiger partial charge in [-0.3, -0.25) is 4.79 Å². The molecule has 0 spiro atoms. The van der Waals surface area contributed by atoms with Crippen molar-refractivity contribution in [3.63, 3.8) is 0 Å². The van der Waals surface area contributed by atoms with Gasteiger partial charge < -0.3 is 14.6 Å². The maximum atomic E-state index is 12.3. The maximum absolute atomic E-state index is 12.3. The molecule has 31 heavy (non-hydrogen) atoms. The van der Waals surface area contributed by atoms with Crippen molar-refractivity contribution in [3.8, 4) is 11.8 Å². The number of rotatable bonds is 12. The number of carboxylic acids is 1. The molecule has 0 aromatic heterocycles. The van der Waals surface area contributed by atoms with Crippen LogP contribution in [-0.4, -0.2) is 35.4 Å². The highest BCUT2D eigenvalue weighted by Gasteiger charge is 2.37. The molecule has 4 atom stereocenters. The summed E-state index contributed by atoms with van der Waals surface area (Å²) >= 11 is 0. The Morgan fingerprint density at radius 2 is 2.10 bits per heavy atom. The number of allylic oxidation sites excluding steroid dienone is 4. The third-order valence-corrected chi connectivity index (χ3v) is 6.21. The normalized spacial score (nSPS) is 26.1. The molecule has 1 heterocycles. The van der Waals surface area contributed by atoms with Crippen LogP contribution in [0.5, 0.6) is 0 Å². The molecule has 5 heteroatoms. The van der Waals surface area contributed by atoms with Crippen molar-refractivity contribution in [2.45, 2.75) is 96.4 Å². The molecule has 2 rings (SSSR count). The summed E-state index contributed by atoms with van der Waals surface area (Å²) in [5.74, 6) is 5.71. The summed E-state index contributed by atoms with van der Waals surface area (Å²) in [7, 11) is 0. The quantitative estimate of drug-likeness (QED) is 0.253. The Kier molecular flexibility index (Phi) is 11.0. The third kappa shape index (κ3) is 8.63. The summed E-state index contributed by atoms with van der Waals surface area (Å²) in [4.78, 5) is 24.1. The van der Waals surface area contributed by atoms with Crippen LogP contribution in [0.25, 0.3) is 0 Å². The zero-order valence-corrected chi connectivity index (χ0v) is 19.1. The van der Waals surface area contributed by atoms with Gasteiger partial charge in [0.15, 0.2) is 11.9 Å². The molecule has 172 valence electrons. The van der Waals surface area contributed by atoms with Crippen LogP contribution in [-0.2, 0) is 19.1 Å². The molecule has 1 saturated carbocycles. The van der Waals surface area contributed by atoms with E-state index in [1.165, 1.54) is 0 Å². The van der Waals surface area contributed by atoms with Gasteiger partial charge in [-0.2, -0.15) is 0 Å². The Morgan fingerprint density at radius 3 is 2.81 bits per heavy atom. The van der Waals surface area contributed by atoms with Gasteiger partial charge in [0.1, 0.15) is 5.78 Å². The average Bonchev–Trinajstić information content (AvgIpc) is 3.10. The van der Waals surface area contributed by atoms with Gasteiger partial charge in [-0.1, -0.05) is 24.3 Å². The first-order valence-corrected chi connectivity index (χ1v) is 11.7. The molecule has 1 aliphatic heterocycles. The predicted octanol–water partition coefficient (Wildman–Crippen LogP) is 5.44. The highest BCUT2D eigenvalue weighted by Crippen LogP contribution is 2.33. The fraction of sp³-hybridized carbons (Fsp3) is 0.692. The van der Waals surface area contributed by atoms with Crippen LogP contribution in [0.2, 0.25) is 0 Å². The molecule has 2 unspecified atom stereocenters. The molecular formula is C26H38O5. The van der Waals surface area contributed by atoms with Gasteiger partial charge in [0.05, 0.1) is 0 Å². The molecular weight excluding hydrogens is 392 g/mol. The van der Waals surface area contributed by atoms with Gasteiger partial charge >= 0.3 is 5.97 Å². The largest absolute Gasteiger partial charge is 0.479 e. The number of carbonyl (C=O) groups is 2. The van der Waals surface area contributed by atoms with E-state index in [2.05, 4.69) is 24.0 Å². The molecule has 1 N–H and O–H groups in total. The van der Waals surface area contributed by atoms with Gasteiger partial charge in [-0.25, -0.2) is 4.79 Å². The van der Waals surface area contributed by atoms with Crippen molar-refractivity contribution < 1.29 is 24.2 Å². The van der Waals surface area contributed by atoms with Crippen LogP contribution in [0.3, 0.4) is 0 Å². The Balaban J connectivity index is 1.78. The number of hydrogen-bond acceptors (Lipinski definition) is 4. The zero-order chi connectivity index (χ0) is 22.5. The molecule has 0 radical (unpaired) electrons. The number of aliphatic carboxylic acids is 1. The first kappa shape index (κ1) is 25.4. The number of Topliss-reactive ketones (excluding diaryl/α,β-unsaturated/α-hetero) is 1. The van der Waals surface area contributed by atoms with Gasteiger partial charge in [0.25, 0.3) is 0 Å². The summed E-state index contributed by atoms with van der Waals surface area (Å²) in [6.07, 6.45) is 17.0. The van der Waals surface area contributed by atoms with Crippen LogP contribution in [0.15, 0.2) is 24.3 Å². The van der Waals surface area contributed by atoms with Crippen molar-refractivity contribution in [2.75, 3.05) is 6.61 Å². The summed E-state index contributed by atoms with van der Waals surface area (Å²) in [5.41, 5.74) is -1.26. The zero-order valence-electron chi connectivity index (χ0n) is 19.1. The van der Waals surface area contributed by atoms with Crippen molar-refractivity contribution >= 4 is 11.8 Å². The van der Waals surface area contributed by atoms with E-state index in [4.69, 9.17) is 9.47 Å². The number of ether oxygens (including phenoxy) is 2. The molecule has 0 aromatic rings. The molecule has 2 fully saturated rings. The van der Waals surface area contributed by atoms with E-state index < -0.39 is 17.9 Å². The van der Waals surface area contributed by atoms with Crippen LogP contribution in [0.4, 0.5) is 0 Å². The van der Waals surface area contributed by atoms with Crippen LogP contribution in [0, 0.1) is 23.7 Å². The summed E-state index contributed by atoms with van der Waals surface area (Å²) in [6.45, 7) is 4.10. The number of hydrogen-bond donors (Lipinski definition) is 1. The van der Waals surface area contributed by atoms with Gasteiger partial charge in [-0.05, 0) is 77.6 Å². The minimum atomic E-state index is -1.26. The highest BCUT2D eigenvalue weighted by atomic mass is 16.7. The molecule has 5 nitrogen and oxygen atoms in total. The lowest BCUT2D eigenvalue weighted by molar-refractivity contribution is -0.229.